The fourth-order valence-electron chi connectivity index (χ4n) is 2.01. The highest BCUT2D eigenvalue weighted by molar-refractivity contribution is 14.1. The summed E-state index contributed by atoms with van der Waals surface area (Å²) < 4.78 is 6.64. The fourth-order valence-corrected chi connectivity index (χ4v) is 2.65. The van der Waals surface area contributed by atoms with Crippen LogP contribution in [-0.2, 0) is 9.53 Å². The Morgan fingerprint density at radius 3 is 3.00 bits per heavy atom. The van der Waals surface area contributed by atoms with Gasteiger partial charge in [-0.2, -0.15) is 0 Å². The molecule has 1 aromatic carbocycles. The molecule has 5 heteroatoms. The molecule has 0 saturated carbocycles. The second-order valence-electron chi connectivity index (χ2n) is 4.46. The number of hydrogen-bond acceptors (Lipinski definition) is 3. The van der Waals surface area contributed by atoms with Crippen molar-refractivity contribution in [2.45, 2.75) is 26.0 Å². The Labute approximate surface area is 121 Å². The highest BCUT2D eigenvalue weighted by atomic mass is 127. The van der Waals surface area contributed by atoms with E-state index in [-0.39, 0.29) is 18.1 Å². The van der Waals surface area contributed by atoms with Gasteiger partial charge in [-0.3, -0.25) is 4.79 Å². The molecule has 1 saturated heterocycles. The van der Waals surface area contributed by atoms with Crippen molar-refractivity contribution in [3.05, 3.63) is 27.3 Å². The Bertz CT molecular complexity index is 451. The summed E-state index contributed by atoms with van der Waals surface area (Å²) in [6, 6.07) is 5.68. The number of aryl methyl sites for hydroxylation is 1. The minimum Gasteiger partial charge on any atom is -0.375 e. The van der Waals surface area contributed by atoms with Gasteiger partial charge in [0.15, 0.2) is 0 Å². The molecule has 1 fully saturated rings. The number of ether oxygens (including phenoxy) is 1. The summed E-state index contributed by atoms with van der Waals surface area (Å²) in [7, 11) is 0. The number of anilines is 1. The molecule has 2 N–H and O–H groups in total. The van der Waals surface area contributed by atoms with Crippen molar-refractivity contribution in [1.29, 1.82) is 0 Å². The van der Waals surface area contributed by atoms with Gasteiger partial charge in [0.2, 0.25) is 5.91 Å². The molecule has 4 nitrogen and oxygen atoms in total. The Morgan fingerprint density at radius 1 is 1.56 bits per heavy atom. The van der Waals surface area contributed by atoms with Crippen LogP contribution in [0.5, 0.6) is 0 Å². The molecule has 1 aliphatic rings. The molecule has 18 heavy (non-hydrogen) atoms. The van der Waals surface area contributed by atoms with E-state index in [0.29, 0.717) is 13.2 Å². The molecule has 0 spiro atoms. The van der Waals surface area contributed by atoms with E-state index in [2.05, 4.69) is 33.2 Å². The van der Waals surface area contributed by atoms with Crippen LogP contribution in [0.2, 0.25) is 0 Å². The van der Waals surface area contributed by atoms with Gasteiger partial charge in [-0.1, -0.05) is 0 Å². The maximum atomic E-state index is 12.2. The summed E-state index contributed by atoms with van der Waals surface area (Å²) in [5, 5.41) is 6.13. The lowest BCUT2D eigenvalue weighted by atomic mass is 10.1. The zero-order chi connectivity index (χ0) is 13.1. The van der Waals surface area contributed by atoms with Gasteiger partial charge in [0.25, 0.3) is 0 Å². The van der Waals surface area contributed by atoms with Gasteiger partial charge in [0.1, 0.15) is 6.04 Å². The van der Waals surface area contributed by atoms with Crippen molar-refractivity contribution in [2.75, 3.05) is 18.5 Å². The first-order valence-corrected chi connectivity index (χ1v) is 7.08. The first-order valence-electron chi connectivity index (χ1n) is 6.00. The van der Waals surface area contributed by atoms with Crippen molar-refractivity contribution < 1.29 is 9.53 Å². The Hall–Kier alpha value is -0.660. The van der Waals surface area contributed by atoms with Crippen molar-refractivity contribution in [3.63, 3.8) is 0 Å². The summed E-state index contributed by atoms with van der Waals surface area (Å²) in [6.07, 6.45) is -0.0945. The van der Waals surface area contributed by atoms with Crippen LogP contribution in [-0.4, -0.2) is 31.2 Å². The maximum absolute atomic E-state index is 12.2. The predicted octanol–water partition coefficient (Wildman–Crippen LogP) is 1.92. The lowest BCUT2D eigenvalue weighted by molar-refractivity contribution is -0.123. The minimum atomic E-state index is -0.280. The maximum Gasteiger partial charge on any atom is 0.244 e. The lowest BCUT2D eigenvalue weighted by Gasteiger charge is -2.29. The number of rotatable bonds is 2. The molecule has 0 aliphatic carbocycles. The van der Waals surface area contributed by atoms with Crippen LogP contribution in [0.4, 0.5) is 5.69 Å². The van der Waals surface area contributed by atoms with Gasteiger partial charge in [-0.15, -0.1) is 0 Å². The third kappa shape index (κ3) is 3.21. The molecule has 2 rings (SSSR count). The molecule has 0 bridgehead atoms. The molecule has 1 aliphatic heterocycles. The Balaban J connectivity index is 2.06. The van der Waals surface area contributed by atoms with Gasteiger partial charge in [0.05, 0.1) is 12.7 Å². The standard InChI is InChI=1S/C13H17IN2O2/c1-8-7-10(14)3-4-11(8)16-13(17)12-9(2)18-6-5-15-12/h3-4,7,9,12,15H,5-6H2,1-2H3,(H,16,17)/t9-,12+/m1/s1. The molecular formula is C13H17IN2O2. The van der Waals surface area contributed by atoms with Crippen LogP contribution in [0.1, 0.15) is 12.5 Å². The average molecular weight is 360 g/mol. The largest absolute Gasteiger partial charge is 0.375 e. The average Bonchev–Trinajstić information content (AvgIpc) is 2.33. The third-order valence-electron chi connectivity index (χ3n) is 3.05. The quantitative estimate of drug-likeness (QED) is 0.793. The van der Waals surface area contributed by atoms with Gasteiger partial charge in [-0.25, -0.2) is 0 Å². The summed E-state index contributed by atoms with van der Waals surface area (Å²) in [4.78, 5) is 12.2. The zero-order valence-electron chi connectivity index (χ0n) is 10.5. The van der Waals surface area contributed by atoms with E-state index < -0.39 is 0 Å². The molecule has 1 heterocycles. The van der Waals surface area contributed by atoms with Crippen molar-refractivity contribution in [2.24, 2.45) is 0 Å². The SMILES string of the molecule is Cc1cc(I)ccc1NC(=O)[C@H]1NCCO[C@@H]1C. The number of amides is 1. The predicted molar refractivity (Wildman–Crippen MR) is 79.7 cm³/mol. The number of carbonyl (C=O) groups is 1. The summed E-state index contributed by atoms with van der Waals surface area (Å²) in [5.74, 6) is -0.0356. The Kier molecular flexibility index (Phi) is 4.58. The molecular weight excluding hydrogens is 343 g/mol. The summed E-state index contributed by atoms with van der Waals surface area (Å²) >= 11 is 2.26. The van der Waals surface area contributed by atoms with Crippen LogP contribution in [0.3, 0.4) is 0 Å². The van der Waals surface area contributed by atoms with E-state index >= 15 is 0 Å². The Morgan fingerprint density at radius 2 is 2.33 bits per heavy atom. The molecule has 0 aromatic heterocycles. The molecule has 0 unspecified atom stereocenters. The van der Waals surface area contributed by atoms with E-state index in [0.717, 1.165) is 14.8 Å². The first-order chi connectivity index (χ1) is 8.58. The first kappa shape index (κ1) is 13.8. The minimum absolute atomic E-state index is 0.0356. The van der Waals surface area contributed by atoms with Gasteiger partial charge >= 0.3 is 0 Å². The van der Waals surface area contributed by atoms with Crippen LogP contribution < -0.4 is 10.6 Å². The van der Waals surface area contributed by atoms with Crippen LogP contribution in [0.25, 0.3) is 0 Å². The number of morpholine rings is 1. The van der Waals surface area contributed by atoms with Gasteiger partial charge in [0, 0.05) is 15.8 Å². The van der Waals surface area contributed by atoms with Gasteiger partial charge in [-0.05, 0) is 60.2 Å². The molecule has 1 aromatic rings. The monoisotopic (exact) mass is 360 g/mol. The molecule has 0 radical (unpaired) electrons. The molecule has 2 atom stereocenters. The zero-order valence-corrected chi connectivity index (χ0v) is 12.7. The number of carbonyl (C=O) groups excluding carboxylic acids is 1. The van der Waals surface area contributed by atoms with Crippen molar-refractivity contribution in [3.8, 4) is 0 Å². The molecule has 98 valence electrons. The smallest absolute Gasteiger partial charge is 0.244 e. The van der Waals surface area contributed by atoms with Crippen molar-refractivity contribution >= 4 is 34.2 Å². The number of nitrogens with one attached hydrogen (secondary N) is 2. The second-order valence-corrected chi connectivity index (χ2v) is 5.70. The van der Waals surface area contributed by atoms with E-state index in [1.807, 2.05) is 32.0 Å². The van der Waals surface area contributed by atoms with E-state index in [1.165, 1.54) is 0 Å². The van der Waals surface area contributed by atoms with Gasteiger partial charge < -0.3 is 15.4 Å². The van der Waals surface area contributed by atoms with Crippen LogP contribution in [0.15, 0.2) is 18.2 Å². The highest BCUT2D eigenvalue weighted by Crippen LogP contribution is 2.18. The molecule has 1 amide bonds. The summed E-state index contributed by atoms with van der Waals surface area (Å²) in [5.41, 5.74) is 1.93. The number of hydrogen-bond donors (Lipinski definition) is 2. The second kappa shape index (κ2) is 5.99. The number of halogens is 1. The normalized spacial score (nSPS) is 23.7. The van der Waals surface area contributed by atoms with E-state index in [1.54, 1.807) is 0 Å². The topological polar surface area (TPSA) is 50.4 Å². The van der Waals surface area contributed by atoms with E-state index in [4.69, 9.17) is 4.74 Å². The highest BCUT2D eigenvalue weighted by Gasteiger charge is 2.28. The fraction of sp³-hybridized carbons (Fsp3) is 0.462. The number of benzene rings is 1. The van der Waals surface area contributed by atoms with Crippen molar-refractivity contribution in [1.82, 2.24) is 5.32 Å². The van der Waals surface area contributed by atoms with Crippen LogP contribution in [0, 0.1) is 10.5 Å². The lowest BCUT2D eigenvalue weighted by Crippen LogP contribution is -2.53. The third-order valence-corrected chi connectivity index (χ3v) is 3.72. The van der Waals surface area contributed by atoms with Crippen LogP contribution >= 0.6 is 22.6 Å². The van der Waals surface area contributed by atoms with E-state index in [9.17, 15) is 4.79 Å². The summed E-state index contributed by atoms with van der Waals surface area (Å²) in [6.45, 7) is 5.28.